The number of hydrogen-bond acceptors (Lipinski definition) is 3. The van der Waals surface area contributed by atoms with E-state index in [4.69, 9.17) is 5.73 Å². The minimum absolute atomic E-state index is 0. The van der Waals surface area contributed by atoms with Crippen molar-refractivity contribution in [3.05, 3.63) is 65.0 Å². The van der Waals surface area contributed by atoms with Gasteiger partial charge in [0, 0.05) is 18.3 Å². The second-order valence-electron chi connectivity index (χ2n) is 5.05. The van der Waals surface area contributed by atoms with Gasteiger partial charge in [-0.25, -0.2) is 0 Å². The molecule has 1 amide bonds. The maximum atomic E-state index is 12.5. The predicted octanol–water partition coefficient (Wildman–Crippen LogP) is 3.47. The first-order chi connectivity index (χ1) is 10.8. The molecule has 0 bridgehead atoms. The van der Waals surface area contributed by atoms with Gasteiger partial charge in [-0.2, -0.15) is 13.2 Å². The van der Waals surface area contributed by atoms with Crippen molar-refractivity contribution in [3.63, 3.8) is 0 Å². The number of nitrogens with two attached hydrogens (primary N) is 1. The minimum atomic E-state index is -4.37. The molecule has 0 saturated carbocycles. The Morgan fingerprint density at radius 2 is 1.88 bits per heavy atom. The summed E-state index contributed by atoms with van der Waals surface area (Å²) in [5.74, 6) is -0.338. The molecule has 0 aliphatic heterocycles. The van der Waals surface area contributed by atoms with Crippen molar-refractivity contribution in [2.24, 2.45) is 5.73 Å². The molecule has 8 heteroatoms. The van der Waals surface area contributed by atoms with Gasteiger partial charge in [0.2, 0.25) is 0 Å². The Bertz CT molecular complexity index is 690. The summed E-state index contributed by atoms with van der Waals surface area (Å²) in [6.07, 6.45) is -2.89. The summed E-state index contributed by atoms with van der Waals surface area (Å²) in [6.45, 7) is 1.92. The van der Waals surface area contributed by atoms with E-state index >= 15 is 0 Å². The van der Waals surface area contributed by atoms with Crippen molar-refractivity contribution in [3.8, 4) is 0 Å². The van der Waals surface area contributed by atoms with E-state index in [-0.39, 0.29) is 24.9 Å². The van der Waals surface area contributed by atoms with E-state index < -0.39 is 17.8 Å². The molecule has 0 aliphatic rings. The Hall–Kier alpha value is -2.12. The normalized spacial score (nSPS) is 12.2. The number of carbonyl (C=O) groups excluding carboxylic acids is 1. The van der Waals surface area contributed by atoms with Gasteiger partial charge in [0.15, 0.2) is 0 Å². The SMILES string of the molecule is CC(NC(=O)c1ccnc(CN)c1)c1ccc(C(F)(F)F)cc1.Cl. The van der Waals surface area contributed by atoms with Gasteiger partial charge < -0.3 is 11.1 Å². The van der Waals surface area contributed by atoms with Gasteiger partial charge >= 0.3 is 6.18 Å². The standard InChI is InChI=1S/C16H16F3N3O.ClH/c1-10(11-2-4-13(5-3-11)16(17,18)19)22-15(23)12-6-7-21-14(8-12)9-20;/h2-8,10H,9,20H2,1H3,(H,22,23);1H. The van der Waals surface area contributed by atoms with Crippen LogP contribution in [0.5, 0.6) is 0 Å². The Morgan fingerprint density at radius 1 is 1.25 bits per heavy atom. The number of pyridine rings is 1. The molecule has 0 spiro atoms. The number of amides is 1. The second kappa shape index (κ2) is 8.12. The Morgan fingerprint density at radius 3 is 2.42 bits per heavy atom. The van der Waals surface area contributed by atoms with Gasteiger partial charge in [0.05, 0.1) is 17.3 Å². The molecule has 0 aliphatic carbocycles. The summed E-state index contributed by atoms with van der Waals surface area (Å²) >= 11 is 0. The highest BCUT2D eigenvalue weighted by molar-refractivity contribution is 5.94. The fourth-order valence-corrected chi connectivity index (χ4v) is 2.06. The third-order valence-corrected chi connectivity index (χ3v) is 3.37. The van der Waals surface area contributed by atoms with Crippen molar-refractivity contribution in [1.82, 2.24) is 10.3 Å². The maximum absolute atomic E-state index is 12.5. The van der Waals surface area contributed by atoms with Crippen LogP contribution in [0.4, 0.5) is 13.2 Å². The Labute approximate surface area is 143 Å². The molecule has 1 unspecified atom stereocenters. The van der Waals surface area contributed by atoms with Gasteiger partial charge in [-0.15, -0.1) is 12.4 Å². The molecule has 2 rings (SSSR count). The predicted molar refractivity (Wildman–Crippen MR) is 86.7 cm³/mol. The highest BCUT2D eigenvalue weighted by Gasteiger charge is 2.30. The first-order valence-corrected chi connectivity index (χ1v) is 6.94. The molecule has 1 aromatic heterocycles. The Kier molecular flexibility index (Phi) is 6.74. The zero-order valence-electron chi connectivity index (χ0n) is 12.8. The molecule has 4 nitrogen and oxygen atoms in total. The van der Waals surface area contributed by atoms with Gasteiger partial charge in [-0.05, 0) is 36.8 Å². The van der Waals surface area contributed by atoms with Crippen LogP contribution in [-0.4, -0.2) is 10.9 Å². The fraction of sp³-hybridized carbons (Fsp3) is 0.250. The number of rotatable bonds is 4. The van der Waals surface area contributed by atoms with Gasteiger partial charge in [0.25, 0.3) is 5.91 Å². The van der Waals surface area contributed by atoms with Gasteiger partial charge in [-0.3, -0.25) is 9.78 Å². The summed E-state index contributed by atoms with van der Waals surface area (Å²) in [4.78, 5) is 16.2. The number of aromatic nitrogens is 1. The van der Waals surface area contributed by atoms with Crippen LogP contribution in [0, 0.1) is 0 Å². The number of benzene rings is 1. The summed E-state index contributed by atoms with van der Waals surface area (Å²) < 4.78 is 37.6. The number of alkyl halides is 3. The third kappa shape index (κ3) is 4.94. The van der Waals surface area contributed by atoms with Crippen LogP contribution >= 0.6 is 12.4 Å². The minimum Gasteiger partial charge on any atom is -0.346 e. The highest BCUT2D eigenvalue weighted by Crippen LogP contribution is 2.29. The summed E-state index contributed by atoms with van der Waals surface area (Å²) in [7, 11) is 0. The Balaban J connectivity index is 0.00000288. The average molecular weight is 360 g/mol. The molecule has 2 aromatic rings. The van der Waals surface area contributed by atoms with Crippen LogP contribution in [0.25, 0.3) is 0 Å². The van der Waals surface area contributed by atoms with Crippen molar-refractivity contribution < 1.29 is 18.0 Å². The average Bonchev–Trinajstić information content (AvgIpc) is 2.54. The second-order valence-corrected chi connectivity index (χ2v) is 5.05. The topological polar surface area (TPSA) is 68.0 Å². The van der Waals surface area contributed by atoms with E-state index in [1.807, 2.05) is 0 Å². The van der Waals surface area contributed by atoms with Gasteiger partial charge in [-0.1, -0.05) is 12.1 Å². The third-order valence-electron chi connectivity index (χ3n) is 3.37. The van der Waals surface area contributed by atoms with Crippen LogP contribution in [0.3, 0.4) is 0 Å². The smallest absolute Gasteiger partial charge is 0.346 e. The molecule has 1 heterocycles. The number of hydrogen-bond donors (Lipinski definition) is 2. The van der Waals surface area contributed by atoms with Crippen LogP contribution in [0.2, 0.25) is 0 Å². The zero-order valence-corrected chi connectivity index (χ0v) is 13.6. The molecule has 1 atom stereocenters. The lowest BCUT2D eigenvalue weighted by Crippen LogP contribution is -2.27. The van der Waals surface area contributed by atoms with E-state index in [9.17, 15) is 18.0 Å². The van der Waals surface area contributed by atoms with Crippen molar-refractivity contribution in [2.45, 2.75) is 25.7 Å². The lowest BCUT2D eigenvalue weighted by Gasteiger charge is -2.15. The van der Waals surface area contributed by atoms with E-state index in [1.54, 1.807) is 19.1 Å². The van der Waals surface area contributed by atoms with Crippen LogP contribution < -0.4 is 11.1 Å². The summed E-state index contributed by atoms with van der Waals surface area (Å²) in [5, 5.41) is 2.73. The van der Waals surface area contributed by atoms with Gasteiger partial charge in [0.1, 0.15) is 0 Å². The van der Waals surface area contributed by atoms with E-state index in [0.29, 0.717) is 16.8 Å². The van der Waals surface area contributed by atoms with E-state index in [2.05, 4.69) is 10.3 Å². The lowest BCUT2D eigenvalue weighted by atomic mass is 10.1. The zero-order chi connectivity index (χ0) is 17.0. The summed E-state index contributed by atoms with van der Waals surface area (Å²) in [6, 6.07) is 7.40. The fourth-order valence-electron chi connectivity index (χ4n) is 2.06. The van der Waals surface area contributed by atoms with E-state index in [1.165, 1.54) is 18.3 Å². The number of halogens is 4. The first-order valence-electron chi connectivity index (χ1n) is 6.94. The van der Waals surface area contributed by atoms with E-state index in [0.717, 1.165) is 12.1 Å². The van der Waals surface area contributed by atoms with Crippen molar-refractivity contribution >= 4 is 18.3 Å². The summed E-state index contributed by atoms with van der Waals surface area (Å²) in [5.41, 5.74) is 6.32. The largest absolute Gasteiger partial charge is 0.416 e. The molecular formula is C16H17ClF3N3O. The molecule has 1 aromatic carbocycles. The quantitative estimate of drug-likeness (QED) is 0.878. The number of nitrogens with zero attached hydrogens (tertiary/aromatic N) is 1. The highest BCUT2D eigenvalue weighted by atomic mass is 35.5. The molecule has 24 heavy (non-hydrogen) atoms. The molecule has 0 saturated heterocycles. The molecule has 3 N–H and O–H groups in total. The monoisotopic (exact) mass is 359 g/mol. The lowest BCUT2D eigenvalue weighted by molar-refractivity contribution is -0.137. The van der Waals surface area contributed by atoms with Crippen molar-refractivity contribution in [1.29, 1.82) is 0 Å². The first kappa shape index (κ1) is 19.9. The maximum Gasteiger partial charge on any atom is 0.416 e. The van der Waals surface area contributed by atoms with Crippen LogP contribution in [-0.2, 0) is 12.7 Å². The van der Waals surface area contributed by atoms with Crippen LogP contribution in [0.15, 0.2) is 42.6 Å². The molecule has 130 valence electrons. The molecule has 0 radical (unpaired) electrons. The van der Waals surface area contributed by atoms with Crippen molar-refractivity contribution in [2.75, 3.05) is 0 Å². The molecular weight excluding hydrogens is 343 g/mol. The molecule has 0 fully saturated rings. The number of nitrogens with one attached hydrogen (secondary N) is 1. The van der Waals surface area contributed by atoms with Crippen LogP contribution in [0.1, 0.15) is 40.1 Å². The number of carbonyl (C=O) groups is 1.